The van der Waals surface area contributed by atoms with Crippen LogP contribution in [-0.4, -0.2) is 47.6 Å². The van der Waals surface area contributed by atoms with Gasteiger partial charge in [0.05, 0.1) is 23.7 Å². The minimum atomic E-state index is -3.33. The molecule has 0 atom stereocenters. The van der Waals surface area contributed by atoms with Gasteiger partial charge in [0, 0.05) is 26.6 Å². The van der Waals surface area contributed by atoms with Crippen molar-refractivity contribution in [1.29, 1.82) is 0 Å². The normalized spacial score (nSPS) is 11.8. The summed E-state index contributed by atoms with van der Waals surface area (Å²) in [7, 11) is -0.00698. The van der Waals surface area contributed by atoms with Gasteiger partial charge in [0.25, 0.3) is 0 Å². The van der Waals surface area contributed by atoms with Crippen molar-refractivity contribution in [3.63, 3.8) is 0 Å². The topological polar surface area (TPSA) is 100 Å². The fourth-order valence-corrected chi connectivity index (χ4v) is 3.47. The predicted molar refractivity (Wildman–Crippen MR) is 89.7 cm³/mol. The molecule has 0 unspecified atom stereocenters. The number of imidazole rings is 1. The molecule has 8 nitrogen and oxygen atoms in total. The number of hydrogen-bond acceptors (Lipinski definition) is 7. The Morgan fingerprint density at radius 3 is 2.64 bits per heavy atom. The molecule has 25 heavy (non-hydrogen) atoms. The second kappa shape index (κ2) is 7.16. The highest BCUT2D eigenvalue weighted by Crippen LogP contribution is 2.17. The molecule has 0 fully saturated rings. The largest absolute Gasteiger partial charge is 0.384 e. The maximum atomic E-state index is 12.1. The lowest BCUT2D eigenvalue weighted by Crippen LogP contribution is -2.11. The van der Waals surface area contributed by atoms with E-state index >= 15 is 0 Å². The summed E-state index contributed by atoms with van der Waals surface area (Å²) in [6.45, 7) is 0.169. The SMILES string of the molecule is COCCS(=O)(=O)c1ccc(Cc2nc(-c3nccn3C)no2)cc1. The molecule has 0 aliphatic heterocycles. The number of sulfone groups is 1. The van der Waals surface area contributed by atoms with Crippen molar-refractivity contribution in [1.82, 2.24) is 19.7 Å². The number of methoxy groups -OCH3 is 1. The Bertz CT molecular complexity index is 945. The standard InChI is InChI=1S/C16H18N4O4S/c1-20-8-7-17-16(20)15-18-14(24-19-15)11-12-3-5-13(6-4-12)25(21,22)10-9-23-2/h3-8H,9-11H2,1-2H3. The smallest absolute Gasteiger partial charge is 0.238 e. The molecular weight excluding hydrogens is 344 g/mol. The maximum absolute atomic E-state index is 12.1. The van der Waals surface area contributed by atoms with Crippen LogP contribution >= 0.6 is 0 Å². The van der Waals surface area contributed by atoms with E-state index in [0.717, 1.165) is 5.56 Å². The molecule has 3 aromatic rings. The maximum Gasteiger partial charge on any atom is 0.238 e. The summed E-state index contributed by atoms with van der Waals surface area (Å²) in [6, 6.07) is 6.64. The van der Waals surface area contributed by atoms with Crippen molar-refractivity contribution in [2.75, 3.05) is 19.5 Å². The Balaban J connectivity index is 1.72. The molecular formula is C16H18N4O4S. The summed E-state index contributed by atoms with van der Waals surface area (Å²) in [4.78, 5) is 8.77. The van der Waals surface area contributed by atoms with Gasteiger partial charge in [-0.2, -0.15) is 4.98 Å². The highest BCUT2D eigenvalue weighted by atomic mass is 32.2. The Kier molecular flexibility index (Phi) is 4.95. The molecule has 132 valence electrons. The van der Waals surface area contributed by atoms with E-state index in [4.69, 9.17) is 9.26 Å². The van der Waals surface area contributed by atoms with Gasteiger partial charge >= 0.3 is 0 Å². The molecule has 0 aliphatic rings. The van der Waals surface area contributed by atoms with Gasteiger partial charge in [-0.15, -0.1) is 0 Å². The third-order valence-electron chi connectivity index (χ3n) is 3.68. The summed E-state index contributed by atoms with van der Waals surface area (Å²) in [5.41, 5.74) is 0.876. The van der Waals surface area contributed by atoms with Crippen LogP contribution in [0.1, 0.15) is 11.5 Å². The van der Waals surface area contributed by atoms with Crippen molar-refractivity contribution in [2.45, 2.75) is 11.3 Å². The van der Waals surface area contributed by atoms with E-state index in [2.05, 4.69) is 15.1 Å². The summed E-state index contributed by atoms with van der Waals surface area (Å²) < 4.78 is 36.1. The van der Waals surface area contributed by atoms with Crippen LogP contribution in [0.4, 0.5) is 0 Å². The first-order valence-electron chi connectivity index (χ1n) is 7.60. The van der Waals surface area contributed by atoms with Crippen LogP contribution in [0.5, 0.6) is 0 Å². The number of hydrogen-bond donors (Lipinski definition) is 0. The molecule has 0 amide bonds. The van der Waals surface area contributed by atoms with Gasteiger partial charge in [-0.05, 0) is 17.7 Å². The molecule has 0 radical (unpaired) electrons. The van der Waals surface area contributed by atoms with Crippen LogP contribution < -0.4 is 0 Å². The van der Waals surface area contributed by atoms with Crippen LogP contribution in [-0.2, 0) is 28.0 Å². The first-order valence-corrected chi connectivity index (χ1v) is 9.26. The van der Waals surface area contributed by atoms with Crippen molar-refractivity contribution < 1.29 is 17.7 Å². The lowest BCUT2D eigenvalue weighted by atomic mass is 10.1. The van der Waals surface area contributed by atoms with Gasteiger partial charge in [0.2, 0.25) is 11.7 Å². The van der Waals surface area contributed by atoms with E-state index in [1.54, 1.807) is 41.2 Å². The number of rotatable bonds is 7. The van der Waals surface area contributed by atoms with E-state index in [9.17, 15) is 8.42 Å². The Labute approximate surface area is 145 Å². The summed E-state index contributed by atoms with van der Waals surface area (Å²) in [5, 5.41) is 3.93. The Morgan fingerprint density at radius 1 is 1.24 bits per heavy atom. The second-order valence-corrected chi connectivity index (χ2v) is 7.62. The second-order valence-electron chi connectivity index (χ2n) is 5.51. The van der Waals surface area contributed by atoms with E-state index in [0.29, 0.717) is 24.0 Å². The Hall–Kier alpha value is -2.52. The average molecular weight is 362 g/mol. The highest BCUT2D eigenvalue weighted by Gasteiger charge is 2.15. The zero-order chi connectivity index (χ0) is 17.9. The number of ether oxygens (including phenoxy) is 1. The first kappa shape index (κ1) is 17.3. The monoisotopic (exact) mass is 362 g/mol. The minimum absolute atomic E-state index is 0.0421. The Morgan fingerprint density at radius 2 is 2.00 bits per heavy atom. The molecule has 2 aromatic heterocycles. The molecule has 1 aromatic carbocycles. The molecule has 0 saturated heterocycles. The average Bonchev–Trinajstić information content (AvgIpc) is 3.22. The van der Waals surface area contributed by atoms with E-state index < -0.39 is 9.84 Å². The summed E-state index contributed by atoms with van der Waals surface area (Å²) in [6.07, 6.45) is 3.87. The van der Waals surface area contributed by atoms with Crippen LogP contribution in [0.15, 0.2) is 46.1 Å². The van der Waals surface area contributed by atoms with Crippen LogP contribution in [0.3, 0.4) is 0 Å². The summed E-state index contributed by atoms with van der Waals surface area (Å²) >= 11 is 0. The fraction of sp³-hybridized carbons (Fsp3) is 0.312. The van der Waals surface area contributed by atoms with E-state index in [-0.39, 0.29) is 17.3 Å². The van der Waals surface area contributed by atoms with E-state index in [1.807, 2.05) is 7.05 Å². The predicted octanol–water partition coefficient (Wildman–Crippen LogP) is 1.48. The fourth-order valence-electron chi connectivity index (χ4n) is 2.30. The quantitative estimate of drug-likeness (QED) is 0.627. The lowest BCUT2D eigenvalue weighted by molar-refractivity contribution is 0.217. The van der Waals surface area contributed by atoms with Gasteiger partial charge < -0.3 is 13.8 Å². The molecule has 0 saturated carbocycles. The third-order valence-corrected chi connectivity index (χ3v) is 5.38. The molecule has 0 spiro atoms. The molecule has 9 heteroatoms. The van der Waals surface area contributed by atoms with E-state index in [1.165, 1.54) is 7.11 Å². The van der Waals surface area contributed by atoms with Crippen molar-refractivity contribution in [3.05, 3.63) is 48.1 Å². The molecule has 2 heterocycles. The molecule has 3 rings (SSSR count). The van der Waals surface area contributed by atoms with Crippen LogP contribution in [0.25, 0.3) is 11.6 Å². The third kappa shape index (κ3) is 3.94. The summed E-state index contributed by atoms with van der Waals surface area (Å²) in [5.74, 6) is 1.43. The van der Waals surface area contributed by atoms with Gasteiger partial charge in [-0.25, -0.2) is 13.4 Å². The number of aromatic nitrogens is 4. The van der Waals surface area contributed by atoms with Gasteiger partial charge in [-0.1, -0.05) is 17.3 Å². The number of nitrogens with zero attached hydrogens (tertiary/aromatic N) is 4. The molecule has 0 bridgehead atoms. The van der Waals surface area contributed by atoms with Gasteiger partial charge in [0.1, 0.15) is 0 Å². The van der Waals surface area contributed by atoms with Gasteiger partial charge in [-0.3, -0.25) is 0 Å². The van der Waals surface area contributed by atoms with Crippen LogP contribution in [0.2, 0.25) is 0 Å². The highest BCUT2D eigenvalue weighted by molar-refractivity contribution is 7.91. The molecule has 0 aliphatic carbocycles. The number of benzene rings is 1. The van der Waals surface area contributed by atoms with Crippen LogP contribution in [0, 0.1) is 0 Å². The van der Waals surface area contributed by atoms with Crippen molar-refractivity contribution in [2.24, 2.45) is 7.05 Å². The van der Waals surface area contributed by atoms with Gasteiger partial charge in [0.15, 0.2) is 15.7 Å². The first-order chi connectivity index (χ1) is 12.0. The zero-order valence-corrected chi connectivity index (χ0v) is 14.7. The zero-order valence-electron chi connectivity index (χ0n) is 13.9. The number of aryl methyl sites for hydroxylation is 1. The molecule has 0 N–H and O–H groups in total. The van der Waals surface area contributed by atoms with Crippen molar-refractivity contribution in [3.8, 4) is 11.6 Å². The lowest BCUT2D eigenvalue weighted by Gasteiger charge is -2.04. The minimum Gasteiger partial charge on any atom is -0.384 e. The van der Waals surface area contributed by atoms with Crippen molar-refractivity contribution >= 4 is 9.84 Å².